The Labute approximate surface area is 186 Å². The number of ether oxygens (including phenoxy) is 1. The zero-order valence-corrected chi connectivity index (χ0v) is 19.3. The lowest BCUT2D eigenvalue weighted by atomic mass is 10.0. The van der Waals surface area contributed by atoms with Gasteiger partial charge in [0.1, 0.15) is 5.82 Å². The molecule has 0 saturated carbocycles. The van der Waals surface area contributed by atoms with Crippen LogP contribution < -0.4 is 10.6 Å². The number of hydrogen-bond donors (Lipinski definition) is 2. The first kappa shape index (κ1) is 23.0. The van der Waals surface area contributed by atoms with Gasteiger partial charge in [-0.05, 0) is 24.6 Å². The highest BCUT2D eigenvalue weighted by molar-refractivity contribution is 14.0. The standard InChI is InChI=1S/C19H26FN5OS.HI/c1-14-18(27-13-24-14)12-23-19(21-2)22-11-17(25-7-9-26-10-8-25)15-3-5-16(20)6-4-15;/h3-6,13,17H,7-12H2,1-2H3,(H2,21,22,23);1H. The molecule has 3 rings (SSSR count). The molecule has 2 aromatic rings. The normalized spacial score (nSPS) is 16.3. The number of morpholine rings is 1. The number of nitrogens with zero attached hydrogens (tertiary/aromatic N) is 3. The maximum atomic E-state index is 13.3. The Morgan fingerprint density at radius 2 is 2.00 bits per heavy atom. The number of aromatic nitrogens is 1. The van der Waals surface area contributed by atoms with Gasteiger partial charge in [-0.25, -0.2) is 9.37 Å². The van der Waals surface area contributed by atoms with Crippen molar-refractivity contribution in [1.82, 2.24) is 20.5 Å². The van der Waals surface area contributed by atoms with Crippen LogP contribution in [-0.2, 0) is 11.3 Å². The molecule has 154 valence electrons. The Morgan fingerprint density at radius 1 is 1.29 bits per heavy atom. The number of thiazole rings is 1. The van der Waals surface area contributed by atoms with E-state index in [4.69, 9.17) is 4.74 Å². The molecule has 0 aliphatic carbocycles. The van der Waals surface area contributed by atoms with E-state index < -0.39 is 0 Å². The zero-order valence-electron chi connectivity index (χ0n) is 16.2. The Kier molecular flexibility index (Phi) is 9.56. The first-order chi connectivity index (χ1) is 13.2. The Balaban J connectivity index is 0.00000280. The second-order valence-corrected chi connectivity index (χ2v) is 7.32. The van der Waals surface area contributed by atoms with Gasteiger partial charge in [0.2, 0.25) is 0 Å². The Bertz CT molecular complexity index is 749. The maximum absolute atomic E-state index is 13.3. The van der Waals surface area contributed by atoms with Crippen LogP contribution in [0.2, 0.25) is 0 Å². The van der Waals surface area contributed by atoms with Gasteiger partial charge in [-0.15, -0.1) is 35.3 Å². The monoisotopic (exact) mass is 519 g/mol. The predicted molar refractivity (Wildman–Crippen MR) is 122 cm³/mol. The fourth-order valence-electron chi connectivity index (χ4n) is 3.11. The Hall–Kier alpha value is -1.30. The fourth-order valence-corrected chi connectivity index (χ4v) is 3.82. The first-order valence-corrected chi connectivity index (χ1v) is 9.96. The van der Waals surface area contributed by atoms with Crippen molar-refractivity contribution in [1.29, 1.82) is 0 Å². The largest absolute Gasteiger partial charge is 0.379 e. The van der Waals surface area contributed by atoms with E-state index in [9.17, 15) is 4.39 Å². The third-order valence-corrected chi connectivity index (χ3v) is 5.62. The minimum Gasteiger partial charge on any atom is -0.379 e. The molecule has 0 radical (unpaired) electrons. The van der Waals surface area contributed by atoms with Gasteiger partial charge in [0.25, 0.3) is 0 Å². The topological polar surface area (TPSA) is 61.8 Å². The third-order valence-electron chi connectivity index (χ3n) is 4.69. The molecule has 1 aliphatic heterocycles. The van der Waals surface area contributed by atoms with Gasteiger partial charge in [-0.1, -0.05) is 12.1 Å². The van der Waals surface area contributed by atoms with E-state index in [1.54, 1.807) is 18.4 Å². The number of guanidine groups is 1. The van der Waals surface area contributed by atoms with Crippen LogP contribution in [0.4, 0.5) is 4.39 Å². The average Bonchev–Trinajstić information content (AvgIpc) is 3.11. The second-order valence-electron chi connectivity index (χ2n) is 6.38. The molecule has 2 N–H and O–H groups in total. The number of hydrogen-bond acceptors (Lipinski definition) is 5. The van der Waals surface area contributed by atoms with Crippen LogP contribution in [0, 0.1) is 12.7 Å². The third kappa shape index (κ3) is 6.36. The van der Waals surface area contributed by atoms with Crippen molar-refractivity contribution < 1.29 is 9.13 Å². The fraction of sp³-hybridized carbons (Fsp3) is 0.474. The van der Waals surface area contributed by atoms with Crippen LogP contribution in [0.25, 0.3) is 0 Å². The predicted octanol–water partition coefficient (Wildman–Crippen LogP) is 2.95. The van der Waals surface area contributed by atoms with Gasteiger partial charge in [-0.3, -0.25) is 9.89 Å². The summed E-state index contributed by atoms with van der Waals surface area (Å²) in [5, 5.41) is 6.75. The summed E-state index contributed by atoms with van der Waals surface area (Å²) >= 11 is 1.63. The lowest BCUT2D eigenvalue weighted by Gasteiger charge is -2.35. The molecule has 9 heteroatoms. The molecular weight excluding hydrogens is 492 g/mol. The summed E-state index contributed by atoms with van der Waals surface area (Å²) < 4.78 is 18.8. The molecular formula is C19H27FIN5OS. The Morgan fingerprint density at radius 3 is 2.61 bits per heavy atom. The van der Waals surface area contributed by atoms with Crippen LogP contribution in [0.1, 0.15) is 22.2 Å². The number of nitrogens with one attached hydrogen (secondary N) is 2. The van der Waals surface area contributed by atoms with E-state index in [0.29, 0.717) is 13.1 Å². The molecule has 1 atom stereocenters. The van der Waals surface area contributed by atoms with Crippen LogP contribution in [0.5, 0.6) is 0 Å². The molecule has 1 fully saturated rings. The molecule has 0 bridgehead atoms. The van der Waals surface area contributed by atoms with Gasteiger partial charge in [0.05, 0.1) is 37.0 Å². The van der Waals surface area contributed by atoms with E-state index in [1.807, 2.05) is 24.6 Å². The zero-order chi connectivity index (χ0) is 19.1. The van der Waals surface area contributed by atoms with Crippen molar-refractivity contribution in [3.8, 4) is 0 Å². The van der Waals surface area contributed by atoms with Crippen LogP contribution in [0.15, 0.2) is 34.8 Å². The number of rotatable bonds is 6. The lowest BCUT2D eigenvalue weighted by molar-refractivity contribution is 0.0170. The van der Waals surface area contributed by atoms with Crippen molar-refractivity contribution in [2.45, 2.75) is 19.5 Å². The molecule has 1 aromatic heterocycles. The molecule has 28 heavy (non-hydrogen) atoms. The summed E-state index contributed by atoms with van der Waals surface area (Å²) in [6, 6.07) is 6.87. The van der Waals surface area contributed by atoms with E-state index in [1.165, 1.54) is 17.0 Å². The lowest BCUT2D eigenvalue weighted by Crippen LogP contribution is -2.46. The quantitative estimate of drug-likeness (QED) is 0.349. The van der Waals surface area contributed by atoms with E-state index in [2.05, 4.69) is 25.5 Å². The summed E-state index contributed by atoms with van der Waals surface area (Å²) in [5.74, 6) is 0.521. The number of aryl methyl sites for hydroxylation is 1. The van der Waals surface area contributed by atoms with Gasteiger partial charge < -0.3 is 15.4 Å². The SMILES string of the molecule is CN=C(NCc1scnc1C)NCC(c1ccc(F)cc1)N1CCOCC1.I. The number of aliphatic imine (C=N–C) groups is 1. The molecule has 1 unspecified atom stereocenters. The van der Waals surface area contributed by atoms with E-state index in [0.717, 1.165) is 43.5 Å². The van der Waals surface area contributed by atoms with E-state index >= 15 is 0 Å². The average molecular weight is 519 g/mol. The van der Waals surface area contributed by atoms with Gasteiger partial charge >= 0.3 is 0 Å². The van der Waals surface area contributed by atoms with Crippen LogP contribution in [0.3, 0.4) is 0 Å². The van der Waals surface area contributed by atoms with Crippen LogP contribution >= 0.6 is 35.3 Å². The molecule has 1 aliphatic rings. The van der Waals surface area contributed by atoms with Crippen molar-refractivity contribution in [2.75, 3.05) is 39.9 Å². The van der Waals surface area contributed by atoms with Crippen molar-refractivity contribution in [2.24, 2.45) is 4.99 Å². The summed E-state index contributed by atoms with van der Waals surface area (Å²) in [6.07, 6.45) is 0. The van der Waals surface area contributed by atoms with Crippen molar-refractivity contribution >= 4 is 41.3 Å². The van der Waals surface area contributed by atoms with Crippen LogP contribution in [-0.4, -0.2) is 55.7 Å². The minimum atomic E-state index is -0.218. The molecule has 1 saturated heterocycles. The van der Waals surface area contributed by atoms with Crippen molar-refractivity contribution in [3.05, 3.63) is 51.7 Å². The molecule has 6 nitrogen and oxygen atoms in total. The number of benzene rings is 1. The highest BCUT2D eigenvalue weighted by Crippen LogP contribution is 2.21. The van der Waals surface area contributed by atoms with Gasteiger partial charge in [-0.2, -0.15) is 0 Å². The molecule has 0 spiro atoms. The summed E-state index contributed by atoms with van der Waals surface area (Å²) in [5.41, 5.74) is 3.98. The smallest absolute Gasteiger partial charge is 0.191 e. The first-order valence-electron chi connectivity index (χ1n) is 9.08. The highest BCUT2D eigenvalue weighted by atomic mass is 127. The van der Waals surface area contributed by atoms with E-state index in [-0.39, 0.29) is 35.8 Å². The summed E-state index contributed by atoms with van der Waals surface area (Å²) in [4.78, 5) is 12.2. The highest BCUT2D eigenvalue weighted by Gasteiger charge is 2.23. The summed E-state index contributed by atoms with van der Waals surface area (Å²) in [6.45, 7) is 6.52. The molecule has 1 aromatic carbocycles. The van der Waals surface area contributed by atoms with Crippen molar-refractivity contribution in [3.63, 3.8) is 0 Å². The molecule has 0 amide bonds. The molecule has 2 heterocycles. The minimum absolute atomic E-state index is 0. The maximum Gasteiger partial charge on any atom is 0.191 e. The number of halogens is 2. The van der Waals surface area contributed by atoms with Gasteiger partial charge in [0.15, 0.2) is 5.96 Å². The van der Waals surface area contributed by atoms with Gasteiger partial charge in [0, 0.05) is 31.6 Å². The summed E-state index contributed by atoms with van der Waals surface area (Å²) in [7, 11) is 1.76. The second kappa shape index (κ2) is 11.6.